The van der Waals surface area contributed by atoms with Gasteiger partial charge in [0, 0.05) is 6.61 Å². The number of benzene rings is 1. The van der Waals surface area contributed by atoms with Gasteiger partial charge in [0.2, 0.25) is 5.95 Å². The van der Waals surface area contributed by atoms with Gasteiger partial charge >= 0.3 is 0 Å². The highest BCUT2D eigenvalue weighted by atomic mass is 16.3. The zero-order chi connectivity index (χ0) is 17.9. The summed E-state index contributed by atoms with van der Waals surface area (Å²) < 4.78 is 7.02. The third kappa shape index (κ3) is 2.98. The maximum atomic E-state index is 12.4. The SMILES string of the molecule is O=c1[nH]c(NC(CCO)c2ccco2)nc2c1cnn2-c1ccccc1. The molecule has 1 atom stereocenters. The van der Waals surface area contributed by atoms with Crippen LogP contribution in [0, 0.1) is 0 Å². The minimum absolute atomic E-state index is 0.0349. The number of hydrogen-bond acceptors (Lipinski definition) is 6. The summed E-state index contributed by atoms with van der Waals surface area (Å²) in [4.78, 5) is 19.6. The second-order valence-electron chi connectivity index (χ2n) is 5.77. The van der Waals surface area contributed by atoms with E-state index in [0.717, 1.165) is 5.69 Å². The van der Waals surface area contributed by atoms with Crippen molar-refractivity contribution in [3.8, 4) is 5.69 Å². The summed E-state index contributed by atoms with van der Waals surface area (Å²) >= 11 is 0. The van der Waals surface area contributed by atoms with E-state index < -0.39 is 0 Å². The van der Waals surface area contributed by atoms with Gasteiger partial charge in [0.05, 0.1) is 24.2 Å². The summed E-state index contributed by atoms with van der Waals surface area (Å²) in [6.45, 7) is -0.0349. The smallest absolute Gasteiger partial charge is 0.263 e. The van der Waals surface area contributed by atoms with Crippen LogP contribution < -0.4 is 10.9 Å². The zero-order valence-corrected chi connectivity index (χ0v) is 13.8. The number of nitrogens with one attached hydrogen (secondary N) is 2. The monoisotopic (exact) mass is 351 g/mol. The molecule has 3 heterocycles. The fourth-order valence-electron chi connectivity index (χ4n) is 2.81. The lowest BCUT2D eigenvalue weighted by atomic mass is 10.1. The van der Waals surface area contributed by atoms with Crippen LogP contribution in [0.15, 0.2) is 64.1 Å². The summed E-state index contributed by atoms with van der Waals surface area (Å²) in [6, 6.07) is 12.7. The third-order valence-corrected chi connectivity index (χ3v) is 4.05. The Morgan fingerprint density at radius 1 is 1.23 bits per heavy atom. The van der Waals surface area contributed by atoms with Crippen LogP contribution in [0.1, 0.15) is 18.2 Å². The number of rotatable bonds is 6. The van der Waals surface area contributed by atoms with Crippen LogP contribution in [-0.4, -0.2) is 31.5 Å². The molecular formula is C18H17N5O3. The molecule has 0 bridgehead atoms. The van der Waals surface area contributed by atoms with Crippen molar-refractivity contribution in [1.29, 1.82) is 0 Å². The van der Waals surface area contributed by atoms with E-state index in [0.29, 0.717) is 23.2 Å². The highest BCUT2D eigenvalue weighted by molar-refractivity contribution is 5.76. The predicted octanol–water partition coefficient (Wildman–Crippen LogP) is 2.24. The summed E-state index contributed by atoms with van der Waals surface area (Å²) in [5, 5.41) is 17.1. The van der Waals surface area contributed by atoms with Gasteiger partial charge in [0.25, 0.3) is 5.56 Å². The van der Waals surface area contributed by atoms with Crippen molar-refractivity contribution in [3.63, 3.8) is 0 Å². The molecule has 0 amide bonds. The number of nitrogens with zero attached hydrogens (tertiary/aromatic N) is 3. The highest BCUT2D eigenvalue weighted by Gasteiger charge is 2.17. The van der Waals surface area contributed by atoms with Crippen molar-refractivity contribution in [2.24, 2.45) is 0 Å². The molecule has 0 saturated carbocycles. The van der Waals surface area contributed by atoms with Gasteiger partial charge in [-0.1, -0.05) is 18.2 Å². The van der Waals surface area contributed by atoms with Crippen LogP contribution >= 0.6 is 0 Å². The van der Waals surface area contributed by atoms with E-state index in [-0.39, 0.29) is 24.2 Å². The molecule has 4 aromatic rings. The van der Waals surface area contributed by atoms with Crippen molar-refractivity contribution >= 4 is 17.0 Å². The molecule has 8 heteroatoms. The van der Waals surface area contributed by atoms with Gasteiger partial charge < -0.3 is 14.8 Å². The molecule has 3 N–H and O–H groups in total. The molecule has 0 fully saturated rings. The number of aliphatic hydroxyl groups excluding tert-OH is 1. The fraction of sp³-hybridized carbons (Fsp3) is 0.167. The molecule has 3 aromatic heterocycles. The molecule has 1 unspecified atom stereocenters. The average Bonchev–Trinajstić information content (AvgIpc) is 3.32. The quantitative estimate of drug-likeness (QED) is 0.491. The lowest BCUT2D eigenvalue weighted by Gasteiger charge is -2.15. The van der Waals surface area contributed by atoms with Gasteiger partial charge in [-0.2, -0.15) is 10.1 Å². The number of hydrogen-bond donors (Lipinski definition) is 3. The van der Waals surface area contributed by atoms with Crippen molar-refractivity contribution in [2.45, 2.75) is 12.5 Å². The number of H-pyrrole nitrogens is 1. The molecule has 8 nitrogen and oxygen atoms in total. The lowest BCUT2D eigenvalue weighted by molar-refractivity contribution is 0.273. The van der Waals surface area contributed by atoms with Gasteiger partial charge in [0.1, 0.15) is 11.1 Å². The number of fused-ring (bicyclic) bond motifs is 1. The van der Waals surface area contributed by atoms with Crippen molar-refractivity contribution < 1.29 is 9.52 Å². The predicted molar refractivity (Wildman–Crippen MR) is 96.3 cm³/mol. The van der Waals surface area contributed by atoms with Gasteiger partial charge in [-0.15, -0.1) is 0 Å². The van der Waals surface area contributed by atoms with Crippen molar-refractivity contribution in [3.05, 3.63) is 71.0 Å². The molecule has 132 valence electrons. The van der Waals surface area contributed by atoms with Crippen LogP contribution in [0.25, 0.3) is 16.7 Å². The van der Waals surface area contributed by atoms with Crippen LogP contribution in [0.5, 0.6) is 0 Å². The second kappa shape index (κ2) is 6.85. The van der Waals surface area contributed by atoms with E-state index in [1.807, 2.05) is 30.3 Å². The Kier molecular flexibility index (Phi) is 4.24. The number of aromatic nitrogens is 4. The third-order valence-electron chi connectivity index (χ3n) is 4.05. The number of aromatic amines is 1. The molecule has 26 heavy (non-hydrogen) atoms. The molecule has 0 saturated heterocycles. The Bertz CT molecular complexity index is 1050. The maximum absolute atomic E-state index is 12.4. The van der Waals surface area contributed by atoms with Gasteiger partial charge in [-0.05, 0) is 30.7 Å². The Morgan fingerprint density at radius 3 is 2.81 bits per heavy atom. The van der Waals surface area contributed by atoms with E-state index in [1.54, 1.807) is 23.1 Å². The normalized spacial score (nSPS) is 12.3. The summed E-state index contributed by atoms with van der Waals surface area (Å²) in [7, 11) is 0. The summed E-state index contributed by atoms with van der Waals surface area (Å²) in [5.41, 5.74) is 0.969. The second-order valence-corrected chi connectivity index (χ2v) is 5.77. The van der Waals surface area contributed by atoms with E-state index in [4.69, 9.17) is 4.42 Å². The van der Waals surface area contributed by atoms with Gasteiger partial charge in [-0.3, -0.25) is 9.78 Å². The number of furan rings is 1. The van der Waals surface area contributed by atoms with Crippen molar-refractivity contribution in [2.75, 3.05) is 11.9 Å². The lowest BCUT2D eigenvalue weighted by Crippen LogP contribution is -2.18. The minimum Gasteiger partial charge on any atom is -0.467 e. The first-order chi connectivity index (χ1) is 12.8. The fourth-order valence-corrected chi connectivity index (χ4v) is 2.81. The Morgan fingerprint density at radius 2 is 2.08 bits per heavy atom. The summed E-state index contributed by atoms with van der Waals surface area (Å²) in [6.07, 6.45) is 3.47. The van der Waals surface area contributed by atoms with Crippen LogP contribution in [0.3, 0.4) is 0 Å². The van der Waals surface area contributed by atoms with Gasteiger partial charge in [-0.25, -0.2) is 4.68 Å². The first kappa shape index (κ1) is 16.1. The standard InChI is InChI=1S/C18H17N5O3/c24-9-8-14(15-7-4-10-26-15)20-18-21-16-13(17(25)22-18)11-19-23(16)12-5-2-1-3-6-12/h1-7,10-11,14,24H,8-9H2,(H2,20,21,22,25). The minimum atomic E-state index is -0.316. The van der Waals surface area contributed by atoms with E-state index in [1.165, 1.54) is 6.20 Å². The molecule has 0 aliphatic rings. The average molecular weight is 351 g/mol. The molecule has 1 aromatic carbocycles. The van der Waals surface area contributed by atoms with Crippen LogP contribution in [0.4, 0.5) is 5.95 Å². The molecule has 0 aliphatic carbocycles. The molecule has 0 aliphatic heterocycles. The van der Waals surface area contributed by atoms with E-state index in [9.17, 15) is 9.90 Å². The first-order valence-corrected chi connectivity index (χ1v) is 8.20. The van der Waals surface area contributed by atoms with Crippen LogP contribution in [-0.2, 0) is 0 Å². The number of anilines is 1. The Balaban J connectivity index is 1.75. The Hall–Kier alpha value is -3.39. The van der Waals surface area contributed by atoms with Gasteiger partial charge in [0.15, 0.2) is 5.65 Å². The molecule has 0 spiro atoms. The van der Waals surface area contributed by atoms with Crippen LogP contribution in [0.2, 0.25) is 0 Å². The van der Waals surface area contributed by atoms with E-state index >= 15 is 0 Å². The molecular weight excluding hydrogens is 334 g/mol. The molecule has 0 radical (unpaired) electrons. The number of aliphatic hydroxyl groups is 1. The maximum Gasteiger partial charge on any atom is 0.263 e. The first-order valence-electron chi connectivity index (χ1n) is 8.20. The highest BCUT2D eigenvalue weighted by Crippen LogP contribution is 2.22. The van der Waals surface area contributed by atoms with E-state index in [2.05, 4.69) is 20.4 Å². The topological polar surface area (TPSA) is 109 Å². The summed E-state index contributed by atoms with van der Waals surface area (Å²) in [5.74, 6) is 0.938. The zero-order valence-electron chi connectivity index (χ0n) is 13.8. The largest absolute Gasteiger partial charge is 0.467 e. The Labute approximate surface area is 148 Å². The van der Waals surface area contributed by atoms with Crippen molar-refractivity contribution in [1.82, 2.24) is 19.7 Å². The number of para-hydroxylation sites is 1. The molecule has 4 rings (SSSR count).